The summed E-state index contributed by atoms with van der Waals surface area (Å²) in [6, 6.07) is 2.55. The lowest BCUT2D eigenvalue weighted by Crippen LogP contribution is -2.71. The van der Waals surface area contributed by atoms with Gasteiger partial charge in [0.15, 0.2) is 23.6 Å². The third kappa shape index (κ3) is 5.10. The van der Waals surface area contributed by atoms with E-state index in [-0.39, 0.29) is 33.2 Å². The number of thiazole rings is 1. The Balaban J connectivity index is 1.40. The van der Waals surface area contributed by atoms with Crippen LogP contribution in [-0.4, -0.2) is 77.8 Å². The van der Waals surface area contributed by atoms with Crippen LogP contribution in [0.15, 0.2) is 34.8 Å². The fourth-order valence-electron chi connectivity index (χ4n) is 4.62. The van der Waals surface area contributed by atoms with Crippen molar-refractivity contribution >= 4 is 86.1 Å². The number of nitrogens with two attached hydrogens (primary N) is 2. The molecule has 18 heteroatoms. The van der Waals surface area contributed by atoms with Crippen LogP contribution in [0.2, 0.25) is 4.34 Å². The van der Waals surface area contributed by atoms with Gasteiger partial charge in [-0.25, -0.2) is 14.6 Å². The number of carbonyl (C=O) groups excluding carboxylic acids is 2. The van der Waals surface area contributed by atoms with Crippen LogP contribution >= 0.6 is 34.7 Å². The van der Waals surface area contributed by atoms with Crippen LogP contribution in [0.1, 0.15) is 18.2 Å². The first-order valence-electron chi connectivity index (χ1n) is 12.2. The van der Waals surface area contributed by atoms with E-state index in [9.17, 15) is 24.3 Å². The van der Waals surface area contributed by atoms with Crippen LogP contribution in [0.25, 0.3) is 11.0 Å². The summed E-state index contributed by atoms with van der Waals surface area (Å²) >= 11 is 8.29. The molecular formula is C24H24ClN8O7S2+. The summed E-state index contributed by atoms with van der Waals surface area (Å²) in [5, 5.41) is 24.7. The van der Waals surface area contributed by atoms with Gasteiger partial charge in [-0.05, 0) is 19.9 Å². The van der Waals surface area contributed by atoms with Crippen molar-refractivity contribution < 1.29 is 38.8 Å². The van der Waals surface area contributed by atoms with Crippen molar-refractivity contribution in [2.75, 3.05) is 17.2 Å². The highest BCUT2D eigenvalue weighted by molar-refractivity contribution is 8.00. The number of pyridine rings is 1. The van der Waals surface area contributed by atoms with Crippen molar-refractivity contribution in [3.63, 3.8) is 0 Å². The number of nitrogen functional groups attached to an aromatic ring is 2. The van der Waals surface area contributed by atoms with Gasteiger partial charge in [-0.1, -0.05) is 28.1 Å². The number of hydrogen-bond acceptors (Lipinski definition) is 11. The number of halogens is 1. The molecule has 5 heterocycles. The summed E-state index contributed by atoms with van der Waals surface area (Å²) in [4.78, 5) is 63.2. The first kappa shape index (κ1) is 29.2. The smallest absolute Gasteiger partial charge is 0.352 e. The van der Waals surface area contributed by atoms with Gasteiger partial charge in [-0.15, -0.1) is 11.8 Å². The number of nitrogens with one attached hydrogen (secondary N) is 2. The molecule has 220 valence electrons. The second kappa shape index (κ2) is 11.1. The monoisotopic (exact) mass is 635 g/mol. The van der Waals surface area contributed by atoms with Gasteiger partial charge >= 0.3 is 11.9 Å². The standard InChI is InChI=1S/C24H23ClN8O7S2/c1-8-15-11(28-18(8)26)4-3-5-32(15)6-10-7-41-21-14(20(35)33(21)16(10)23(38)39)29-19(34)13(31-40-9(2)22(36)37)12-17(25)42-24(27)30-12/h3-5,9,14,21H,6-7H2,1-2H3,(H7,26,27,28,29,30,34,36,37,38,39)/p+1/t9-,14+,21?/m0/s1. The minimum Gasteiger partial charge on any atom is -0.478 e. The van der Waals surface area contributed by atoms with Gasteiger partial charge in [0.2, 0.25) is 11.6 Å². The maximum Gasteiger partial charge on any atom is 0.352 e. The lowest BCUT2D eigenvalue weighted by atomic mass is 10.0. The number of carboxylic acids is 2. The molecule has 2 amide bonds. The van der Waals surface area contributed by atoms with Gasteiger partial charge in [0.1, 0.15) is 38.5 Å². The first-order valence-corrected chi connectivity index (χ1v) is 14.5. The van der Waals surface area contributed by atoms with Crippen molar-refractivity contribution in [3.8, 4) is 0 Å². The Morgan fingerprint density at radius 2 is 2.12 bits per heavy atom. The van der Waals surface area contributed by atoms with Crippen molar-refractivity contribution in [1.29, 1.82) is 0 Å². The molecule has 15 nitrogen and oxygen atoms in total. The minimum atomic E-state index is -1.41. The van der Waals surface area contributed by atoms with Gasteiger partial charge in [0.05, 0.1) is 5.56 Å². The number of carboxylic acid groups (broad SMARTS) is 2. The number of carbonyl (C=O) groups is 4. The number of aryl methyl sites for hydroxylation is 1. The summed E-state index contributed by atoms with van der Waals surface area (Å²) < 4.78 is 1.86. The maximum atomic E-state index is 13.3. The highest BCUT2D eigenvalue weighted by Crippen LogP contribution is 2.40. The molecule has 0 bridgehead atoms. The van der Waals surface area contributed by atoms with Crippen molar-refractivity contribution in [2.24, 2.45) is 5.16 Å². The number of fused-ring (bicyclic) bond motifs is 2. The Morgan fingerprint density at radius 1 is 1.38 bits per heavy atom. The van der Waals surface area contributed by atoms with Gasteiger partial charge in [-0.2, -0.15) is 4.57 Å². The van der Waals surface area contributed by atoms with Crippen LogP contribution < -0.4 is 21.4 Å². The summed E-state index contributed by atoms with van der Waals surface area (Å²) in [5.41, 5.74) is 13.8. The number of amides is 2. The molecular weight excluding hydrogens is 612 g/mol. The van der Waals surface area contributed by atoms with Crippen LogP contribution in [-0.2, 0) is 30.6 Å². The Kier molecular flexibility index (Phi) is 7.74. The first-order chi connectivity index (χ1) is 19.9. The van der Waals surface area contributed by atoms with E-state index in [0.717, 1.165) is 32.8 Å². The summed E-state index contributed by atoms with van der Waals surface area (Å²) in [5.74, 6) is -3.44. The topological polar surface area (TPSA) is 230 Å². The molecule has 2 aliphatic rings. The van der Waals surface area contributed by atoms with Crippen LogP contribution in [0.5, 0.6) is 0 Å². The average Bonchev–Trinajstić information content (AvgIpc) is 3.43. The minimum absolute atomic E-state index is 0.00532. The van der Waals surface area contributed by atoms with E-state index in [1.54, 1.807) is 12.3 Å². The molecule has 0 saturated carbocycles. The Hall–Kier alpha value is -4.35. The highest BCUT2D eigenvalue weighted by Gasteiger charge is 2.55. The van der Waals surface area contributed by atoms with Crippen molar-refractivity contribution in [3.05, 3.63) is 45.2 Å². The fraction of sp³-hybridized carbons (Fsp3) is 0.292. The zero-order valence-corrected chi connectivity index (χ0v) is 24.3. The SMILES string of the molecule is Cc1c(N)[nH]c2ccc[n+](CC3=C(C(=O)O)N4C(=O)[C@@H](NC(=O)C(=NO[C@@H](C)C(=O)O)c5nc(N)sc5Cl)C4SC3)c12. The summed E-state index contributed by atoms with van der Waals surface area (Å²) in [7, 11) is 0. The number of anilines is 2. The second-order valence-corrected chi connectivity index (χ2v) is 12.1. The molecule has 1 unspecified atom stereocenters. The molecule has 1 saturated heterocycles. The molecule has 0 aliphatic carbocycles. The largest absolute Gasteiger partial charge is 0.478 e. The zero-order valence-electron chi connectivity index (χ0n) is 22.0. The number of aromatic amines is 1. The molecule has 5 rings (SSSR count). The van der Waals surface area contributed by atoms with E-state index in [1.165, 1.54) is 18.7 Å². The molecule has 3 aromatic rings. The lowest BCUT2D eigenvalue weighted by Gasteiger charge is -2.49. The third-order valence-corrected chi connectivity index (χ3v) is 9.11. The van der Waals surface area contributed by atoms with Gasteiger partial charge in [-0.3, -0.25) is 14.5 Å². The fourth-order valence-corrected chi connectivity index (χ4v) is 6.88. The number of hydrogen-bond donors (Lipinski definition) is 6. The Morgan fingerprint density at radius 3 is 2.76 bits per heavy atom. The van der Waals surface area contributed by atoms with Crippen LogP contribution in [0.3, 0.4) is 0 Å². The number of thioether (sulfide) groups is 1. The molecule has 3 atom stereocenters. The van der Waals surface area contributed by atoms with E-state index in [1.807, 2.05) is 17.6 Å². The predicted molar refractivity (Wildman–Crippen MR) is 154 cm³/mol. The number of β-lactam (4-membered cyclic amide) rings is 1. The van der Waals surface area contributed by atoms with Crippen LogP contribution in [0.4, 0.5) is 10.9 Å². The molecule has 42 heavy (non-hydrogen) atoms. The molecule has 0 radical (unpaired) electrons. The summed E-state index contributed by atoms with van der Waals surface area (Å²) in [6.45, 7) is 3.25. The second-order valence-electron chi connectivity index (χ2n) is 9.38. The molecule has 0 aromatic carbocycles. The van der Waals surface area contributed by atoms with E-state index in [0.29, 0.717) is 11.4 Å². The van der Waals surface area contributed by atoms with Crippen molar-refractivity contribution in [1.82, 2.24) is 20.2 Å². The van der Waals surface area contributed by atoms with E-state index in [4.69, 9.17) is 33.0 Å². The number of aromatic nitrogens is 3. The normalized spacial score (nSPS) is 19.4. The van der Waals surface area contributed by atoms with Gasteiger partial charge in [0, 0.05) is 17.4 Å². The number of rotatable bonds is 9. The Labute approximate surface area is 250 Å². The van der Waals surface area contributed by atoms with Gasteiger partial charge < -0.3 is 36.8 Å². The maximum absolute atomic E-state index is 13.3. The zero-order chi connectivity index (χ0) is 30.5. The van der Waals surface area contributed by atoms with Gasteiger partial charge in [0.25, 0.3) is 11.8 Å². The molecule has 3 aromatic heterocycles. The number of oxime groups is 1. The molecule has 0 spiro atoms. The number of H-pyrrole nitrogens is 1. The quantitative estimate of drug-likeness (QED) is 0.0828. The Bertz CT molecular complexity index is 1720. The van der Waals surface area contributed by atoms with Crippen LogP contribution in [0, 0.1) is 6.92 Å². The molecule has 8 N–H and O–H groups in total. The predicted octanol–water partition coefficient (Wildman–Crippen LogP) is 0.671. The summed E-state index contributed by atoms with van der Waals surface area (Å²) in [6.07, 6.45) is 0.395. The van der Waals surface area contributed by atoms with E-state index < -0.39 is 47.0 Å². The number of aliphatic carboxylic acids is 2. The lowest BCUT2D eigenvalue weighted by molar-refractivity contribution is -0.663. The van der Waals surface area contributed by atoms with E-state index in [2.05, 4.69) is 20.4 Å². The third-order valence-electron chi connectivity index (χ3n) is 6.69. The average molecular weight is 636 g/mol. The number of nitrogens with zero attached hydrogens (tertiary/aromatic N) is 4. The highest BCUT2D eigenvalue weighted by atomic mass is 35.5. The molecule has 2 aliphatic heterocycles. The van der Waals surface area contributed by atoms with Crippen molar-refractivity contribution in [2.45, 2.75) is 37.9 Å². The van der Waals surface area contributed by atoms with E-state index >= 15 is 0 Å². The molecule has 1 fully saturated rings.